The van der Waals surface area contributed by atoms with Crippen molar-refractivity contribution in [2.45, 2.75) is 32.4 Å². The van der Waals surface area contributed by atoms with Crippen LogP contribution in [0, 0.1) is 0 Å². The Balaban J connectivity index is 2.35. The summed E-state index contributed by atoms with van der Waals surface area (Å²) >= 11 is 1.59. The highest BCUT2D eigenvalue weighted by Gasteiger charge is 2.28. The smallest absolute Gasteiger partial charge is 0.408 e. The summed E-state index contributed by atoms with van der Waals surface area (Å²) in [6.45, 7) is 5.12. The van der Waals surface area contributed by atoms with Crippen LogP contribution < -0.4 is 5.32 Å². The number of carbonyl (C=O) groups is 2. The van der Waals surface area contributed by atoms with Gasteiger partial charge in [-0.05, 0) is 20.8 Å². The molecule has 0 bridgehead atoms. The fourth-order valence-corrected chi connectivity index (χ4v) is 2.69. The van der Waals surface area contributed by atoms with Gasteiger partial charge in [-0.1, -0.05) is 0 Å². The minimum atomic E-state index is -0.608. The molecule has 1 rings (SSSR count). The second-order valence-electron chi connectivity index (χ2n) is 5.06. The Morgan fingerprint density at radius 2 is 2.17 bits per heavy atom. The molecule has 1 saturated heterocycles. The van der Waals surface area contributed by atoms with Crippen LogP contribution in [-0.4, -0.2) is 58.4 Å². The van der Waals surface area contributed by atoms with Crippen molar-refractivity contribution in [3.05, 3.63) is 0 Å². The summed E-state index contributed by atoms with van der Waals surface area (Å²) in [5.74, 6) is 1.08. The van der Waals surface area contributed by atoms with Crippen LogP contribution in [0.25, 0.3) is 0 Å². The zero-order valence-electron chi connectivity index (χ0n) is 10.9. The summed E-state index contributed by atoms with van der Waals surface area (Å²) in [4.78, 5) is 24.8. The van der Waals surface area contributed by atoms with E-state index in [0.29, 0.717) is 5.88 Å². The Morgan fingerprint density at radius 1 is 1.50 bits per heavy atom. The number of amides is 2. The maximum atomic E-state index is 11.8. The van der Waals surface area contributed by atoms with Crippen molar-refractivity contribution < 1.29 is 19.4 Å². The number of hydrogen-bond acceptors (Lipinski definition) is 5. The third-order valence-corrected chi connectivity index (χ3v) is 3.38. The summed E-state index contributed by atoms with van der Waals surface area (Å²) in [5, 5.41) is 11.5. The Hall–Kier alpha value is -0.950. The predicted molar refractivity (Wildman–Crippen MR) is 69.3 cm³/mol. The van der Waals surface area contributed by atoms with Gasteiger partial charge in [-0.3, -0.25) is 4.79 Å². The van der Waals surface area contributed by atoms with Gasteiger partial charge in [-0.2, -0.15) is 0 Å². The maximum Gasteiger partial charge on any atom is 0.408 e. The van der Waals surface area contributed by atoms with E-state index in [1.807, 2.05) is 0 Å². The number of carbonyl (C=O) groups excluding carboxylic acids is 2. The Kier molecular flexibility index (Phi) is 5.28. The van der Waals surface area contributed by atoms with Gasteiger partial charge in [0.15, 0.2) is 0 Å². The number of aliphatic hydroxyl groups is 1. The zero-order valence-corrected chi connectivity index (χ0v) is 11.7. The number of thioether (sulfide) groups is 1. The highest BCUT2D eigenvalue weighted by atomic mass is 32.2. The standard InChI is InChI=1S/C11H20N2O4S/c1-11(2,3)17-10(16)12-4-9(15)13-7-18-6-8(13)5-14/h8,14H,4-7H2,1-3H3,(H,12,16)/t8-/m1/s1. The third kappa shape index (κ3) is 4.73. The van der Waals surface area contributed by atoms with Crippen LogP contribution >= 0.6 is 11.8 Å². The number of alkyl carbamates (subject to hydrolysis) is 1. The molecule has 104 valence electrons. The lowest BCUT2D eigenvalue weighted by Gasteiger charge is -2.23. The van der Waals surface area contributed by atoms with E-state index in [4.69, 9.17) is 9.84 Å². The molecular weight excluding hydrogens is 256 g/mol. The van der Waals surface area contributed by atoms with Crippen LogP contribution in [0.5, 0.6) is 0 Å². The van der Waals surface area contributed by atoms with Gasteiger partial charge in [0.1, 0.15) is 12.1 Å². The molecule has 1 fully saturated rings. The molecule has 0 aliphatic carbocycles. The van der Waals surface area contributed by atoms with E-state index in [2.05, 4.69) is 5.32 Å². The van der Waals surface area contributed by atoms with E-state index in [1.54, 1.807) is 37.4 Å². The van der Waals surface area contributed by atoms with E-state index in [0.717, 1.165) is 5.75 Å². The largest absolute Gasteiger partial charge is 0.444 e. The first-order valence-electron chi connectivity index (χ1n) is 5.78. The zero-order chi connectivity index (χ0) is 13.8. The van der Waals surface area contributed by atoms with Crippen molar-refractivity contribution >= 4 is 23.8 Å². The van der Waals surface area contributed by atoms with Gasteiger partial charge >= 0.3 is 6.09 Å². The second-order valence-corrected chi connectivity index (χ2v) is 6.06. The van der Waals surface area contributed by atoms with Crippen molar-refractivity contribution in [1.82, 2.24) is 10.2 Å². The molecule has 7 heteroatoms. The van der Waals surface area contributed by atoms with Gasteiger partial charge in [-0.25, -0.2) is 4.79 Å². The highest BCUT2D eigenvalue weighted by molar-refractivity contribution is 7.99. The molecule has 0 saturated carbocycles. The Labute approximate surface area is 111 Å². The molecule has 18 heavy (non-hydrogen) atoms. The third-order valence-electron chi connectivity index (χ3n) is 2.30. The minimum absolute atomic E-state index is 0.0504. The molecule has 1 aliphatic rings. The molecule has 0 radical (unpaired) electrons. The van der Waals surface area contributed by atoms with Gasteiger partial charge in [0.25, 0.3) is 0 Å². The predicted octanol–water partition coefficient (Wildman–Crippen LogP) is 0.405. The number of nitrogens with one attached hydrogen (secondary N) is 1. The number of rotatable bonds is 3. The van der Waals surface area contributed by atoms with Crippen LogP contribution in [0.15, 0.2) is 0 Å². The first kappa shape index (κ1) is 15.1. The fraction of sp³-hybridized carbons (Fsp3) is 0.818. The monoisotopic (exact) mass is 276 g/mol. The fourth-order valence-electron chi connectivity index (χ4n) is 1.47. The molecule has 2 amide bonds. The van der Waals surface area contributed by atoms with Gasteiger partial charge in [-0.15, -0.1) is 11.8 Å². The van der Waals surface area contributed by atoms with Crippen LogP contribution in [0.3, 0.4) is 0 Å². The number of aliphatic hydroxyl groups excluding tert-OH is 1. The Bertz CT molecular complexity index is 317. The van der Waals surface area contributed by atoms with E-state index < -0.39 is 11.7 Å². The molecule has 0 aromatic heterocycles. The lowest BCUT2D eigenvalue weighted by atomic mass is 10.2. The first-order valence-corrected chi connectivity index (χ1v) is 6.94. The number of nitrogens with zero attached hydrogens (tertiary/aromatic N) is 1. The van der Waals surface area contributed by atoms with Crippen molar-refractivity contribution in [3.63, 3.8) is 0 Å². The van der Waals surface area contributed by atoms with Crippen molar-refractivity contribution in [3.8, 4) is 0 Å². The van der Waals surface area contributed by atoms with Gasteiger partial charge < -0.3 is 20.1 Å². The number of hydrogen-bond donors (Lipinski definition) is 2. The first-order chi connectivity index (χ1) is 8.33. The highest BCUT2D eigenvalue weighted by Crippen LogP contribution is 2.20. The van der Waals surface area contributed by atoms with Crippen LogP contribution in [0.1, 0.15) is 20.8 Å². The van der Waals surface area contributed by atoms with Gasteiger partial charge in [0.2, 0.25) is 5.91 Å². The van der Waals surface area contributed by atoms with Crippen LogP contribution in [-0.2, 0) is 9.53 Å². The van der Waals surface area contributed by atoms with Crippen molar-refractivity contribution in [2.75, 3.05) is 24.8 Å². The van der Waals surface area contributed by atoms with E-state index in [-0.39, 0.29) is 25.1 Å². The summed E-state index contributed by atoms with van der Waals surface area (Å²) in [6, 6.07) is -0.150. The van der Waals surface area contributed by atoms with Crippen LogP contribution in [0.4, 0.5) is 4.79 Å². The van der Waals surface area contributed by atoms with Gasteiger partial charge in [0, 0.05) is 5.75 Å². The van der Waals surface area contributed by atoms with Gasteiger partial charge in [0.05, 0.1) is 18.5 Å². The Morgan fingerprint density at radius 3 is 2.72 bits per heavy atom. The lowest BCUT2D eigenvalue weighted by molar-refractivity contribution is -0.131. The summed E-state index contributed by atoms with van der Waals surface area (Å²) in [7, 11) is 0. The van der Waals surface area contributed by atoms with Crippen molar-refractivity contribution in [1.29, 1.82) is 0 Å². The SMILES string of the molecule is CC(C)(C)OC(=O)NCC(=O)N1CSC[C@H]1CO. The maximum absolute atomic E-state index is 11.8. The molecule has 0 aromatic rings. The van der Waals surface area contributed by atoms with Crippen molar-refractivity contribution in [2.24, 2.45) is 0 Å². The van der Waals surface area contributed by atoms with E-state index in [9.17, 15) is 9.59 Å². The van der Waals surface area contributed by atoms with E-state index in [1.165, 1.54) is 0 Å². The average molecular weight is 276 g/mol. The molecule has 1 aliphatic heterocycles. The molecule has 0 unspecified atom stereocenters. The summed E-state index contributed by atoms with van der Waals surface area (Å²) < 4.78 is 5.03. The minimum Gasteiger partial charge on any atom is -0.444 e. The van der Waals surface area contributed by atoms with E-state index >= 15 is 0 Å². The molecule has 0 spiro atoms. The van der Waals surface area contributed by atoms with Crippen LogP contribution in [0.2, 0.25) is 0 Å². The average Bonchev–Trinajstić information content (AvgIpc) is 2.71. The molecule has 1 heterocycles. The quantitative estimate of drug-likeness (QED) is 0.780. The molecular formula is C11H20N2O4S. The summed E-state index contributed by atoms with van der Waals surface area (Å²) in [6.07, 6.45) is -0.608. The second kappa shape index (κ2) is 6.29. The lowest BCUT2D eigenvalue weighted by Crippen LogP contribution is -2.45. The molecule has 6 nitrogen and oxygen atoms in total. The topological polar surface area (TPSA) is 78.9 Å². The summed E-state index contributed by atoms with van der Waals surface area (Å²) in [5.41, 5.74) is -0.579. The molecule has 2 N–H and O–H groups in total. The molecule has 0 aromatic carbocycles. The number of ether oxygens (including phenoxy) is 1. The molecule has 1 atom stereocenters. The normalized spacial score (nSPS) is 19.8.